The van der Waals surface area contributed by atoms with Gasteiger partial charge in [-0.15, -0.1) is 0 Å². The molecule has 0 bridgehead atoms. The molecule has 2 unspecified atom stereocenters. The third-order valence-corrected chi connectivity index (χ3v) is 18.6. The summed E-state index contributed by atoms with van der Waals surface area (Å²) in [5, 5.41) is 10.7. The summed E-state index contributed by atoms with van der Waals surface area (Å²) in [6.07, 6.45) is 94.9. The number of hydrogen-bond acceptors (Lipinski definition) is 15. The molecule has 614 valence electrons. The number of rotatable bonds is 76. The minimum Gasteiger partial charge on any atom is -0.462 e. The van der Waals surface area contributed by atoms with E-state index in [-0.39, 0.29) is 25.7 Å². The van der Waals surface area contributed by atoms with E-state index in [1.165, 1.54) is 89.9 Å². The molecule has 0 saturated heterocycles. The molecule has 0 rings (SSSR count). The van der Waals surface area contributed by atoms with E-state index in [0.29, 0.717) is 38.5 Å². The molecule has 17 nitrogen and oxygen atoms in total. The number of hydrogen-bond donors (Lipinski definition) is 3. The summed E-state index contributed by atoms with van der Waals surface area (Å²) in [7, 11) is -10.0. The number of phosphoric acid groups is 2. The molecule has 0 aromatic heterocycles. The fourth-order valence-corrected chi connectivity index (χ4v) is 12.0. The van der Waals surface area contributed by atoms with Crippen LogP contribution in [-0.2, 0) is 65.4 Å². The van der Waals surface area contributed by atoms with Crippen molar-refractivity contribution in [2.24, 2.45) is 0 Å². The number of unbranched alkanes of at least 4 members (excludes halogenated alkanes) is 22. The number of phosphoric ester groups is 2. The molecule has 0 spiro atoms. The van der Waals surface area contributed by atoms with Crippen LogP contribution in [-0.4, -0.2) is 96.7 Å². The van der Waals surface area contributed by atoms with Crippen molar-refractivity contribution in [3.05, 3.63) is 170 Å². The first-order valence-electron chi connectivity index (χ1n) is 41.4. The summed E-state index contributed by atoms with van der Waals surface area (Å²) in [6, 6.07) is 0. The Kier molecular flexibility index (Phi) is 75.4. The Morgan fingerprint density at radius 1 is 0.269 bits per heavy atom. The molecule has 108 heavy (non-hydrogen) atoms. The third kappa shape index (κ3) is 78.5. The van der Waals surface area contributed by atoms with Crippen LogP contribution in [0.1, 0.15) is 310 Å². The van der Waals surface area contributed by atoms with Crippen LogP contribution >= 0.6 is 15.6 Å². The zero-order chi connectivity index (χ0) is 78.9. The maximum Gasteiger partial charge on any atom is 0.472 e. The number of ether oxygens (including phenoxy) is 4. The molecule has 0 aromatic rings. The summed E-state index contributed by atoms with van der Waals surface area (Å²) in [4.78, 5) is 73.1. The predicted octanol–water partition coefficient (Wildman–Crippen LogP) is 24.6. The quantitative estimate of drug-likeness (QED) is 0.0169. The number of allylic oxidation sites excluding steroid dienone is 28. The van der Waals surface area contributed by atoms with E-state index in [9.17, 15) is 43.2 Å². The van der Waals surface area contributed by atoms with E-state index in [4.69, 9.17) is 37.0 Å². The molecule has 0 aliphatic heterocycles. The second-order valence-electron chi connectivity index (χ2n) is 27.0. The zero-order valence-corrected chi connectivity index (χ0v) is 69.0. The van der Waals surface area contributed by atoms with Crippen molar-refractivity contribution in [2.75, 3.05) is 39.6 Å². The molecule has 0 aromatic carbocycles. The highest BCUT2D eigenvalue weighted by Gasteiger charge is 2.30. The molecular formula is C89H146O17P2. The number of aliphatic hydroxyl groups excluding tert-OH is 1. The zero-order valence-electron chi connectivity index (χ0n) is 67.2. The summed E-state index contributed by atoms with van der Waals surface area (Å²) in [5.41, 5.74) is 0. The Bertz CT molecular complexity index is 2710. The number of carbonyl (C=O) groups excluding carboxylic acids is 4. The third-order valence-electron chi connectivity index (χ3n) is 16.7. The van der Waals surface area contributed by atoms with E-state index < -0.39 is 97.5 Å². The minimum absolute atomic E-state index is 0.0463. The van der Waals surface area contributed by atoms with Crippen LogP contribution in [0.3, 0.4) is 0 Å². The van der Waals surface area contributed by atoms with E-state index >= 15 is 0 Å². The second-order valence-corrected chi connectivity index (χ2v) is 29.9. The molecule has 19 heteroatoms. The van der Waals surface area contributed by atoms with Crippen LogP contribution in [0.25, 0.3) is 0 Å². The van der Waals surface area contributed by atoms with Crippen LogP contribution in [0.15, 0.2) is 170 Å². The number of esters is 4. The highest BCUT2D eigenvalue weighted by atomic mass is 31.2. The minimum atomic E-state index is -5.02. The lowest BCUT2D eigenvalue weighted by molar-refractivity contribution is -0.161. The van der Waals surface area contributed by atoms with Gasteiger partial charge < -0.3 is 33.8 Å². The SMILES string of the molecule is CC/C=C\C/C=C\C/C=C\C/C=C\C/C=C\CCCCCC(=O)O[C@H](COC(=O)CCCCCCCCCCCCCCC)COP(=O)(O)OC[C@H](O)COP(=O)(O)OC[C@@H](COC(=O)CCC/C=C\C/C=C\C/C=C\C/C=C\CCCCC)OC(=O)CC/C=C\C/C=C\C/C=C\C/C=C\C/C=C\CCCCC. The molecule has 0 fully saturated rings. The van der Waals surface area contributed by atoms with Crippen LogP contribution in [0.2, 0.25) is 0 Å². The molecule has 0 radical (unpaired) electrons. The van der Waals surface area contributed by atoms with Gasteiger partial charge in [-0.3, -0.25) is 37.3 Å². The molecule has 0 heterocycles. The van der Waals surface area contributed by atoms with Crippen molar-refractivity contribution in [2.45, 2.75) is 329 Å². The lowest BCUT2D eigenvalue weighted by Gasteiger charge is -2.21. The highest BCUT2D eigenvalue weighted by Crippen LogP contribution is 2.45. The van der Waals surface area contributed by atoms with Gasteiger partial charge in [0.15, 0.2) is 12.2 Å². The van der Waals surface area contributed by atoms with Crippen molar-refractivity contribution in [3.8, 4) is 0 Å². The molecule has 5 atom stereocenters. The Hall–Kier alpha value is -5.58. The number of aliphatic hydroxyl groups is 1. The van der Waals surface area contributed by atoms with Gasteiger partial charge in [0.05, 0.1) is 26.4 Å². The summed E-state index contributed by atoms with van der Waals surface area (Å²) < 4.78 is 68.5. The van der Waals surface area contributed by atoms with Gasteiger partial charge in [-0.05, 0) is 148 Å². The van der Waals surface area contributed by atoms with Crippen molar-refractivity contribution in [1.29, 1.82) is 0 Å². The summed E-state index contributed by atoms with van der Waals surface area (Å²) in [6.45, 7) is 4.52. The van der Waals surface area contributed by atoms with Gasteiger partial charge in [-0.2, -0.15) is 0 Å². The molecule has 0 saturated carbocycles. The van der Waals surface area contributed by atoms with E-state index in [2.05, 4.69) is 167 Å². The Labute approximate surface area is 654 Å². The molecule has 0 aliphatic rings. The van der Waals surface area contributed by atoms with Crippen molar-refractivity contribution in [1.82, 2.24) is 0 Å². The van der Waals surface area contributed by atoms with Crippen molar-refractivity contribution >= 4 is 39.5 Å². The molecule has 0 aliphatic carbocycles. The van der Waals surface area contributed by atoms with Crippen LogP contribution < -0.4 is 0 Å². The topological polar surface area (TPSA) is 237 Å². The predicted molar refractivity (Wildman–Crippen MR) is 445 cm³/mol. The average molecular weight is 1550 g/mol. The normalized spacial score (nSPS) is 14.7. The summed E-state index contributed by atoms with van der Waals surface area (Å²) >= 11 is 0. The highest BCUT2D eigenvalue weighted by molar-refractivity contribution is 7.47. The fraction of sp³-hybridized carbons (Fsp3) is 0.640. The van der Waals surface area contributed by atoms with Gasteiger partial charge >= 0.3 is 39.5 Å². The van der Waals surface area contributed by atoms with Gasteiger partial charge in [-0.1, -0.05) is 307 Å². The first-order valence-corrected chi connectivity index (χ1v) is 44.4. The maximum absolute atomic E-state index is 13.1. The molecule has 0 amide bonds. The Morgan fingerprint density at radius 3 is 0.852 bits per heavy atom. The first kappa shape index (κ1) is 102. The lowest BCUT2D eigenvalue weighted by atomic mass is 10.0. The van der Waals surface area contributed by atoms with E-state index in [1.54, 1.807) is 0 Å². The van der Waals surface area contributed by atoms with E-state index in [0.717, 1.165) is 128 Å². The standard InChI is InChI=1S/C89H146O17P2/c1-5-9-13-17-21-25-29-33-36-39-41-44-47-51-55-59-63-67-71-75-88(93)105-84(79-99-86(91)73-69-65-61-57-53-49-32-28-24-20-16-12-8-4)81-103-107(95,96)101-77-83(90)78-102-108(97,98)104-82-85(80-100-87(92)74-70-66-62-58-54-50-46-43-38-35-31-27-23-19-15-11-7-3)106-89(94)76-72-68-64-60-56-52-48-45-42-40-37-34-30-26-22-18-14-10-6-2/h9,13,21-23,25-27,33-38,41-42,44-46,50-52,55-56,58,62,64,68,83-85,90H,5-8,10-12,14-20,24,28-32,39-40,43,47-49,53-54,57,59-61,63,65-67,69-82H2,1-4H3,(H,95,96)(H,97,98)/b13-9-,25-21-,26-22-,27-23-,36-33-,37-34-,38-35-,44-41-,45-42-,50-46-,55-51-,56-52-,62-58-,68-64-/t83-,84+,85+/m0/s1. The van der Waals surface area contributed by atoms with Crippen LogP contribution in [0.5, 0.6) is 0 Å². The van der Waals surface area contributed by atoms with Crippen LogP contribution in [0, 0.1) is 0 Å². The lowest BCUT2D eigenvalue weighted by Crippen LogP contribution is -2.30. The molecular weight excluding hydrogens is 1400 g/mol. The largest absolute Gasteiger partial charge is 0.472 e. The fourth-order valence-electron chi connectivity index (χ4n) is 10.4. The van der Waals surface area contributed by atoms with Gasteiger partial charge in [-0.25, -0.2) is 9.13 Å². The average Bonchev–Trinajstić information content (AvgIpc) is 0.907. The van der Waals surface area contributed by atoms with Gasteiger partial charge in [0.25, 0.3) is 0 Å². The summed E-state index contributed by atoms with van der Waals surface area (Å²) in [5.74, 6) is -2.38. The second kappa shape index (κ2) is 79.5. The molecule has 3 N–H and O–H groups in total. The Balaban J connectivity index is 5.53. The number of carbonyl (C=O) groups is 4. The van der Waals surface area contributed by atoms with E-state index in [1.807, 2.05) is 30.4 Å². The van der Waals surface area contributed by atoms with Gasteiger partial charge in [0, 0.05) is 25.7 Å². The monoisotopic (exact) mass is 1550 g/mol. The maximum atomic E-state index is 13.1. The first-order chi connectivity index (χ1) is 52.7. The van der Waals surface area contributed by atoms with Crippen LogP contribution in [0.4, 0.5) is 0 Å². The van der Waals surface area contributed by atoms with Gasteiger partial charge in [0.1, 0.15) is 19.3 Å². The van der Waals surface area contributed by atoms with Gasteiger partial charge in [0.2, 0.25) is 0 Å². The smallest absolute Gasteiger partial charge is 0.462 e. The Morgan fingerprint density at radius 2 is 0.509 bits per heavy atom. The van der Waals surface area contributed by atoms with Crippen molar-refractivity contribution in [3.63, 3.8) is 0 Å². The van der Waals surface area contributed by atoms with Crippen molar-refractivity contribution < 1.29 is 80.2 Å².